The number of Topliss-reactive ketones (excluding diaryl/α,β-unsaturated/α-hetero) is 1. The van der Waals surface area contributed by atoms with Crippen molar-refractivity contribution in [3.63, 3.8) is 0 Å². The molecule has 1 aromatic heterocycles. The molecular weight excluding hydrogens is 374 g/mol. The smallest absolute Gasteiger partial charge is 0.311 e. The predicted octanol–water partition coefficient (Wildman–Crippen LogP) is 3.74. The highest BCUT2D eigenvalue weighted by molar-refractivity contribution is 7.18. The molecule has 0 radical (unpaired) electrons. The molecule has 1 aliphatic rings. The molecule has 2 aromatic rings. The van der Waals surface area contributed by atoms with Gasteiger partial charge in [0.05, 0.1) is 15.1 Å². The zero-order valence-corrected chi connectivity index (χ0v) is 15.8. The molecule has 1 saturated heterocycles. The summed E-state index contributed by atoms with van der Waals surface area (Å²) in [6.45, 7) is 1.95. The molecule has 0 saturated carbocycles. The van der Waals surface area contributed by atoms with Crippen LogP contribution < -0.4 is 4.90 Å². The zero-order chi connectivity index (χ0) is 18.7. The van der Waals surface area contributed by atoms with Gasteiger partial charge in [0.15, 0.2) is 6.61 Å². The Morgan fingerprint density at radius 2 is 2.04 bits per heavy atom. The molecule has 1 aliphatic heterocycles. The first-order valence-electron chi connectivity index (χ1n) is 8.33. The van der Waals surface area contributed by atoms with Gasteiger partial charge in [-0.1, -0.05) is 36.7 Å². The number of hydrogen-bond acceptors (Lipinski definition) is 5. The first-order valence-corrected chi connectivity index (χ1v) is 9.52. The predicted molar refractivity (Wildman–Crippen MR) is 101 cm³/mol. The summed E-state index contributed by atoms with van der Waals surface area (Å²) >= 11 is 6.95. The lowest BCUT2D eigenvalue weighted by Crippen LogP contribution is -2.27. The number of nitrogens with zero attached hydrogens (tertiary/aromatic N) is 1. The Morgan fingerprint density at radius 3 is 2.73 bits per heavy atom. The van der Waals surface area contributed by atoms with Gasteiger partial charge in [0.25, 0.3) is 0 Å². The minimum absolute atomic E-state index is 0.0932. The molecule has 0 aliphatic carbocycles. The number of benzene rings is 1. The molecule has 1 amide bonds. The van der Waals surface area contributed by atoms with Crippen LogP contribution in [-0.4, -0.2) is 30.8 Å². The van der Waals surface area contributed by atoms with Crippen LogP contribution in [0.5, 0.6) is 0 Å². The summed E-state index contributed by atoms with van der Waals surface area (Å²) in [5.74, 6) is -1.49. The molecular formula is C19H18ClNO4S. The molecule has 3 rings (SSSR count). The first kappa shape index (κ1) is 18.6. The van der Waals surface area contributed by atoms with Crippen LogP contribution in [0.4, 0.5) is 5.69 Å². The highest BCUT2D eigenvalue weighted by atomic mass is 35.5. The van der Waals surface area contributed by atoms with Crippen LogP contribution in [-0.2, 0) is 20.7 Å². The van der Waals surface area contributed by atoms with Crippen molar-refractivity contribution < 1.29 is 19.1 Å². The Labute approximate surface area is 160 Å². The van der Waals surface area contributed by atoms with Crippen molar-refractivity contribution in [3.8, 4) is 0 Å². The van der Waals surface area contributed by atoms with E-state index in [0.29, 0.717) is 9.21 Å². The summed E-state index contributed by atoms with van der Waals surface area (Å²) in [7, 11) is 0. The summed E-state index contributed by atoms with van der Waals surface area (Å²) in [6.07, 6.45) is 0.892. The van der Waals surface area contributed by atoms with Crippen LogP contribution >= 0.6 is 22.9 Å². The van der Waals surface area contributed by atoms with Gasteiger partial charge in [-0.15, -0.1) is 11.3 Å². The molecule has 1 fully saturated rings. The number of anilines is 1. The Morgan fingerprint density at radius 1 is 1.27 bits per heavy atom. The third-order valence-electron chi connectivity index (χ3n) is 4.32. The van der Waals surface area contributed by atoms with Gasteiger partial charge >= 0.3 is 5.97 Å². The van der Waals surface area contributed by atoms with E-state index in [9.17, 15) is 14.4 Å². The van der Waals surface area contributed by atoms with Gasteiger partial charge in [0.1, 0.15) is 0 Å². The summed E-state index contributed by atoms with van der Waals surface area (Å²) < 4.78 is 5.64. The molecule has 1 unspecified atom stereocenters. The maximum Gasteiger partial charge on any atom is 0.311 e. The van der Waals surface area contributed by atoms with Crippen LogP contribution in [0.25, 0.3) is 0 Å². The molecule has 2 heterocycles. The molecule has 0 N–H and O–H groups in total. The van der Waals surface area contributed by atoms with E-state index in [2.05, 4.69) is 0 Å². The number of para-hydroxylation sites is 1. The van der Waals surface area contributed by atoms with Crippen LogP contribution in [0.15, 0.2) is 36.4 Å². The topological polar surface area (TPSA) is 63.7 Å². The van der Waals surface area contributed by atoms with Crippen molar-refractivity contribution in [3.05, 3.63) is 51.2 Å². The fraction of sp³-hybridized carbons (Fsp3) is 0.316. The first-order chi connectivity index (χ1) is 12.5. The molecule has 1 aromatic carbocycles. The van der Waals surface area contributed by atoms with E-state index in [1.807, 2.05) is 31.2 Å². The number of amides is 1. The van der Waals surface area contributed by atoms with Crippen molar-refractivity contribution >= 4 is 46.3 Å². The maximum absolute atomic E-state index is 12.4. The highest BCUT2D eigenvalue weighted by Crippen LogP contribution is 2.29. The molecule has 0 bridgehead atoms. The number of ketones is 1. The quantitative estimate of drug-likeness (QED) is 0.555. The number of hydrogen-bond donors (Lipinski definition) is 0. The van der Waals surface area contributed by atoms with Gasteiger partial charge in [-0.3, -0.25) is 14.4 Å². The van der Waals surface area contributed by atoms with Gasteiger partial charge in [0.2, 0.25) is 11.7 Å². The lowest BCUT2D eigenvalue weighted by molar-refractivity contribution is -0.147. The number of halogens is 1. The third kappa shape index (κ3) is 3.97. The van der Waals surface area contributed by atoms with Crippen LogP contribution in [0.3, 0.4) is 0 Å². The number of esters is 1. The standard InChI is InChI=1S/C19H18ClNO4S/c1-2-12-5-3-4-6-14(12)21-10-13(9-18(21)23)19(24)25-11-15(22)16-7-8-17(20)26-16/h3-8,13H,2,9-11H2,1H3. The van der Waals surface area contributed by atoms with E-state index in [0.717, 1.165) is 29.0 Å². The van der Waals surface area contributed by atoms with E-state index in [4.69, 9.17) is 16.3 Å². The summed E-state index contributed by atoms with van der Waals surface area (Å²) in [5.41, 5.74) is 1.89. The summed E-state index contributed by atoms with van der Waals surface area (Å²) in [6, 6.07) is 10.9. The third-order valence-corrected chi connectivity index (χ3v) is 5.59. The molecule has 26 heavy (non-hydrogen) atoms. The minimum atomic E-state index is -0.563. The average molecular weight is 392 g/mol. The fourth-order valence-corrected chi connectivity index (χ4v) is 3.93. The second-order valence-electron chi connectivity index (χ2n) is 6.02. The van der Waals surface area contributed by atoms with E-state index >= 15 is 0 Å². The highest BCUT2D eigenvalue weighted by Gasteiger charge is 2.37. The minimum Gasteiger partial charge on any atom is -0.457 e. The van der Waals surface area contributed by atoms with Crippen molar-refractivity contribution in [1.82, 2.24) is 0 Å². The Balaban J connectivity index is 1.61. The Bertz CT molecular complexity index is 848. The largest absolute Gasteiger partial charge is 0.457 e. The molecule has 136 valence electrons. The van der Waals surface area contributed by atoms with Crippen LogP contribution in [0, 0.1) is 5.92 Å². The second-order valence-corrected chi connectivity index (χ2v) is 7.74. The summed E-state index contributed by atoms with van der Waals surface area (Å²) in [4.78, 5) is 38.7. The number of ether oxygens (including phenoxy) is 1. The van der Waals surface area contributed by atoms with E-state index in [1.165, 1.54) is 0 Å². The number of aryl methyl sites for hydroxylation is 1. The normalized spacial score (nSPS) is 16.8. The van der Waals surface area contributed by atoms with Gasteiger partial charge < -0.3 is 9.64 Å². The van der Waals surface area contributed by atoms with Crippen molar-refractivity contribution in [2.75, 3.05) is 18.1 Å². The Kier molecular flexibility index (Phi) is 5.74. The number of carbonyl (C=O) groups is 3. The van der Waals surface area contributed by atoms with Crippen molar-refractivity contribution in [1.29, 1.82) is 0 Å². The molecule has 1 atom stereocenters. The lowest BCUT2D eigenvalue weighted by atomic mass is 10.1. The molecule has 5 nitrogen and oxygen atoms in total. The van der Waals surface area contributed by atoms with Gasteiger partial charge in [0, 0.05) is 18.7 Å². The van der Waals surface area contributed by atoms with E-state index in [-0.39, 0.29) is 31.3 Å². The van der Waals surface area contributed by atoms with Crippen LogP contribution in [0.2, 0.25) is 4.34 Å². The summed E-state index contributed by atoms with van der Waals surface area (Å²) in [5, 5.41) is 0. The van der Waals surface area contributed by atoms with E-state index < -0.39 is 11.9 Å². The maximum atomic E-state index is 12.4. The number of carbonyl (C=O) groups excluding carboxylic acids is 3. The average Bonchev–Trinajstić information content (AvgIpc) is 3.25. The van der Waals surface area contributed by atoms with Crippen LogP contribution in [0.1, 0.15) is 28.6 Å². The lowest BCUT2D eigenvalue weighted by Gasteiger charge is -2.19. The molecule has 0 spiro atoms. The van der Waals surface area contributed by atoms with Gasteiger partial charge in [-0.25, -0.2) is 0 Å². The number of rotatable bonds is 6. The monoisotopic (exact) mass is 391 g/mol. The molecule has 7 heteroatoms. The SMILES string of the molecule is CCc1ccccc1N1CC(C(=O)OCC(=O)c2ccc(Cl)s2)CC1=O. The second kappa shape index (κ2) is 8.01. The fourth-order valence-electron chi connectivity index (χ4n) is 2.96. The number of thiophene rings is 1. The van der Waals surface area contributed by atoms with E-state index in [1.54, 1.807) is 17.0 Å². The van der Waals surface area contributed by atoms with Crippen molar-refractivity contribution in [2.24, 2.45) is 5.92 Å². The van der Waals surface area contributed by atoms with Gasteiger partial charge in [-0.2, -0.15) is 0 Å². The Hall–Kier alpha value is -2.18. The van der Waals surface area contributed by atoms with Crippen molar-refractivity contribution in [2.45, 2.75) is 19.8 Å². The zero-order valence-electron chi connectivity index (χ0n) is 14.2. The van der Waals surface area contributed by atoms with Gasteiger partial charge in [-0.05, 0) is 30.2 Å².